The van der Waals surface area contributed by atoms with Gasteiger partial charge in [-0.15, -0.1) is 0 Å². The van der Waals surface area contributed by atoms with Crippen molar-refractivity contribution in [3.8, 4) is 0 Å². The Kier molecular flexibility index (Phi) is 2.63. The number of rotatable bonds is 1. The topological polar surface area (TPSA) is 83.6 Å². The van der Waals surface area contributed by atoms with E-state index in [2.05, 4.69) is 5.32 Å². The number of halogens is 1. The molecule has 3 amide bonds. The average Bonchev–Trinajstić information content (AvgIpc) is 2.63. The summed E-state index contributed by atoms with van der Waals surface area (Å²) in [7, 11) is 0. The number of amides is 3. The summed E-state index contributed by atoms with van der Waals surface area (Å²) in [6, 6.07) is 2.25. The Bertz CT molecular complexity index is 670. The highest BCUT2D eigenvalue weighted by molar-refractivity contribution is 6.23. The number of imide groups is 1. The van der Waals surface area contributed by atoms with Crippen molar-refractivity contribution in [1.82, 2.24) is 10.2 Å². The van der Waals surface area contributed by atoms with Crippen LogP contribution in [0.5, 0.6) is 0 Å². The molecule has 1 aromatic carbocycles. The van der Waals surface area contributed by atoms with E-state index in [1.54, 1.807) is 0 Å². The lowest BCUT2D eigenvalue weighted by Gasteiger charge is -2.28. The molecular weight excluding hydrogens is 267 g/mol. The molecule has 1 unspecified atom stereocenters. The van der Waals surface area contributed by atoms with Gasteiger partial charge >= 0.3 is 0 Å². The summed E-state index contributed by atoms with van der Waals surface area (Å²) < 4.78 is 13.2. The van der Waals surface area contributed by atoms with Crippen molar-refractivity contribution < 1.29 is 23.6 Å². The molecule has 1 aromatic rings. The number of hydrogen-bond acceptors (Lipinski definition) is 4. The number of nitrogens with zero attached hydrogens (tertiary/aromatic N) is 1. The summed E-state index contributed by atoms with van der Waals surface area (Å²) >= 11 is 0. The first-order valence-electron chi connectivity index (χ1n) is 5.96. The van der Waals surface area contributed by atoms with Crippen molar-refractivity contribution in [1.29, 1.82) is 0 Å². The fraction of sp³-hybridized carbons (Fsp3) is 0.231. The summed E-state index contributed by atoms with van der Waals surface area (Å²) in [6.07, 6.45) is -0.369. The largest absolute Gasteiger partial charge is 0.353 e. The minimum Gasteiger partial charge on any atom is -0.353 e. The molecule has 1 atom stereocenters. The Hall–Kier alpha value is -2.57. The van der Waals surface area contributed by atoms with Crippen LogP contribution in [0.15, 0.2) is 18.2 Å². The van der Waals surface area contributed by atoms with Crippen LogP contribution in [0, 0.1) is 5.82 Å². The number of piperidine rings is 1. The fourth-order valence-electron chi connectivity index (χ4n) is 2.41. The zero-order valence-electron chi connectivity index (χ0n) is 10.2. The van der Waals surface area contributed by atoms with Crippen LogP contribution < -0.4 is 5.32 Å². The Labute approximate surface area is 112 Å². The molecule has 0 aliphatic carbocycles. The fourth-order valence-corrected chi connectivity index (χ4v) is 2.41. The number of carbonyl (C=O) groups excluding carboxylic acids is 4. The molecule has 0 bridgehead atoms. The van der Waals surface area contributed by atoms with E-state index in [1.807, 2.05) is 0 Å². The first kappa shape index (κ1) is 12.5. The van der Waals surface area contributed by atoms with Gasteiger partial charge in [0.15, 0.2) is 5.78 Å². The van der Waals surface area contributed by atoms with Gasteiger partial charge in [0.2, 0.25) is 5.91 Å². The molecule has 1 N–H and O–H groups in total. The highest BCUT2D eigenvalue weighted by Crippen LogP contribution is 2.26. The standard InChI is InChI=1S/C13H9FN2O4/c14-6-1-2-7-8(3-6)13(20)16(12(7)19)9-5-15-11(18)4-10(9)17/h1-3,9H,4-5H2,(H,15,18). The SMILES string of the molecule is O=C1CC(=O)C(N2C(=O)c3ccc(F)cc3C2=O)CN1. The van der Waals surface area contributed by atoms with Crippen molar-refractivity contribution in [2.45, 2.75) is 12.5 Å². The molecular formula is C13H9FN2O4. The van der Waals surface area contributed by atoms with E-state index < -0.39 is 35.4 Å². The maximum Gasteiger partial charge on any atom is 0.262 e. The van der Waals surface area contributed by atoms with Gasteiger partial charge in [-0.2, -0.15) is 0 Å². The van der Waals surface area contributed by atoms with Crippen molar-refractivity contribution in [2.24, 2.45) is 0 Å². The third-order valence-electron chi connectivity index (χ3n) is 3.39. The first-order chi connectivity index (χ1) is 9.49. The number of hydrogen-bond donors (Lipinski definition) is 1. The lowest BCUT2D eigenvalue weighted by Crippen LogP contribution is -2.55. The highest BCUT2D eigenvalue weighted by Gasteiger charge is 2.44. The third kappa shape index (κ3) is 1.70. The van der Waals surface area contributed by atoms with Crippen LogP contribution in [0.2, 0.25) is 0 Å². The van der Waals surface area contributed by atoms with E-state index in [1.165, 1.54) is 6.07 Å². The van der Waals surface area contributed by atoms with Crippen LogP contribution in [0.4, 0.5) is 4.39 Å². The van der Waals surface area contributed by atoms with E-state index in [4.69, 9.17) is 0 Å². The molecule has 2 aliphatic heterocycles. The molecule has 1 fully saturated rings. The van der Waals surface area contributed by atoms with E-state index in [-0.39, 0.29) is 24.1 Å². The predicted molar refractivity (Wildman–Crippen MR) is 63.3 cm³/mol. The Morgan fingerprint density at radius 2 is 1.80 bits per heavy atom. The molecule has 0 aromatic heterocycles. The quantitative estimate of drug-likeness (QED) is 0.572. The Balaban J connectivity index is 1.97. The number of benzene rings is 1. The molecule has 0 radical (unpaired) electrons. The second-order valence-corrected chi connectivity index (χ2v) is 4.63. The second kappa shape index (κ2) is 4.22. The summed E-state index contributed by atoms with van der Waals surface area (Å²) in [6.45, 7) is -0.106. The maximum absolute atomic E-state index is 13.2. The normalized spacial score (nSPS) is 22.1. The molecule has 2 heterocycles. The zero-order chi connectivity index (χ0) is 14.4. The molecule has 0 saturated carbocycles. The molecule has 2 aliphatic rings. The van der Waals surface area contributed by atoms with Crippen LogP contribution in [0.25, 0.3) is 0 Å². The van der Waals surface area contributed by atoms with Gasteiger partial charge in [0, 0.05) is 6.54 Å². The van der Waals surface area contributed by atoms with Crippen LogP contribution in [-0.4, -0.2) is 41.0 Å². The Morgan fingerprint density at radius 1 is 1.10 bits per heavy atom. The van der Waals surface area contributed by atoms with E-state index in [0.717, 1.165) is 17.0 Å². The summed E-state index contributed by atoms with van der Waals surface area (Å²) in [5, 5.41) is 2.44. The van der Waals surface area contributed by atoms with Gasteiger partial charge in [-0.25, -0.2) is 4.39 Å². The van der Waals surface area contributed by atoms with Crippen LogP contribution in [-0.2, 0) is 9.59 Å². The minimum absolute atomic E-state index is 0.0558. The molecule has 6 nitrogen and oxygen atoms in total. The molecule has 0 spiro atoms. The molecule has 102 valence electrons. The number of Topliss-reactive ketones (excluding diaryl/α,β-unsaturated/α-hetero) is 1. The average molecular weight is 276 g/mol. The third-order valence-corrected chi connectivity index (χ3v) is 3.39. The summed E-state index contributed by atoms with van der Waals surface area (Å²) in [4.78, 5) is 48.0. The number of ketones is 1. The van der Waals surface area contributed by atoms with Crippen molar-refractivity contribution in [2.75, 3.05) is 6.54 Å². The lowest BCUT2D eigenvalue weighted by atomic mass is 10.0. The van der Waals surface area contributed by atoms with Gasteiger partial charge in [0.25, 0.3) is 11.8 Å². The molecule has 20 heavy (non-hydrogen) atoms. The van der Waals surface area contributed by atoms with Crippen LogP contribution in [0.1, 0.15) is 27.1 Å². The molecule has 3 rings (SSSR count). The highest BCUT2D eigenvalue weighted by atomic mass is 19.1. The van der Waals surface area contributed by atoms with Gasteiger partial charge in [-0.1, -0.05) is 0 Å². The van der Waals surface area contributed by atoms with Crippen molar-refractivity contribution in [3.05, 3.63) is 35.1 Å². The minimum atomic E-state index is -1.02. The first-order valence-corrected chi connectivity index (χ1v) is 5.96. The van der Waals surface area contributed by atoms with E-state index in [9.17, 15) is 23.6 Å². The monoisotopic (exact) mass is 276 g/mol. The van der Waals surface area contributed by atoms with Crippen LogP contribution in [0.3, 0.4) is 0 Å². The van der Waals surface area contributed by atoms with Gasteiger partial charge < -0.3 is 5.32 Å². The number of fused-ring (bicyclic) bond motifs is 1. The van der Waals surface area contributed by atoms with Crippen LogP contribution >= 0.6 is 0 Å². The smallest absolute Gasteiger partial charge is 0.262 e. The van der Waals surface area contributed by atoms with Crippen molar-refractivity contribution >= 4 is 23.5 Å². The van der Waals surface area contributed by atoms with E-state index >= 15 is 0 Å². The zero-order valence-corrected chi connectivity index (χ0v) is 10.2. The number of carbonyl (C=O) groups is 4. The maximum atomic E-state index is 13.2. The number of nitrogens with one attached hydrogen (secondary N) is 1. The summed E-state index contributed by atoms with van der Waals surface area (Å²) in [5.74, 6) is -2.91. The van der Waals surface area contributed by atoms with E-state index in [0.29, 0.717) is 0 Å². The molecule has 1 saturated heterocycles. The van der Waals surface area contributed by atoms with Gasteiger partial charge in [0.1, 0.15) is 11.9 Å². The van der Waals surface area contributed by atoms with Gasteiger partial charge in [0.05, 0.1) is 17.5 Å². The second-order valence-electron chi connectivity index (χ2n) is 4.63. The lowest BCUT2D eigenvalue weighted by molar-refractivity contribution is -0.133. The summed E-state index contributed by atoms with van der Waals surface area (Å²) in [5.41, 5.74) is 0.0146. The predicted octanol–water partition coefficient (Wildman–Crippen LogP) is -0.121. The molecule has 7 heteroatoms. The van der Waals surface area contributed by atoms with Crippen molar-refractivity contribution in [3.63, 3.8) is 0 Å². The Morgan fingerprint density at radius 3 is 2.50 bits per heavy atom. The van der Waals surface area contributed by atoms with Gasteiger partial charge in [-0.3, -0.25) is 24.1 Å². The van der Waals surface area contributed by atoms with Gasteiger partial charge in [-0.05, 0) is 18.2 Å².